The highest BCUT2D eigenvalue weighted by molar-refractivity contribution is 5.74. The summed E-state index contributed by atoms with van der Waals surface area (Å²) in [5.74, 6) is 0. The van der Waals surface area contributed by atoms with Crippen molar-refractivity contribution in [1.29, 1.82) is 0 Å². The number of piperidine rings is 1. The monoisotopic (exact) mass is 233 g/mol. The fourth-order valence-corrected chi connectivity index (χ4v) is 2.38. The third kappa shape index (κ3) is 2.58. The van der Waals surface area contributed by atoms with Crippen molar-refractivity contribution < 1.29 is 4.79 Å². The van der Waals surface area contributed by atoms with E-state index in [1.54, 1.807) is 7.05 Å². The average molecular weight is 233 g/mol. The number of hydrogen-bond donors (Lipinski definition) is 3. The Hall–Kier alpha value is -1.55. The molecule has 2 rings (SSSR count). The van der Waals surface area contributed by atoms with Gasteiger partial charge in [0.15, 0.2) is 0 Å². The Kier molecular flexibility index (Phi) is 3.64. The van der Waals surface area contributed by atoms with Gasteiger partial charge in [0.05, 0.1) is 5.54 Å². The van der Waals surface area contributed by atoms with Crippen LogP contribution in [-0.2, 0) is 5.54 Å². The van der Waals surface area contributed by atoms with E-state index in [-0.39, 0.29) is 11.6 Å². The summed E-state index contributed by atoms with van der Waals surface area (Å²) in [4.78, 5) is 11.6. The zero-order valence-corrected chi connectivity index (χ0v) is 10.1. The molecule has 0 unspecified atom stereocenters. The minimum atomic E-state index is -0.230. The van der Waals surface area contributed by atoms with Gasteiger partial charge < -0.3 is 16.0 Å². The molecule has 0 atom stereocenters. The van der Waals surface area contributed by atoms with Gasteiger partial charge in [-0.1, -0.05) is 30.3 Å². The van der Waals surface area contributed by atoms with Crippen molar-refractivity contribution >= 4 is 6.03 Å². The minimum absolute atomic E-state index is 0.115. The molecule has 0 aliphatic carbocycles. The summed E-state index contributed by atoms with van der Waals surface area (Å²) in [6, 6.07) is 10.1. The lowest BCUT2D eigenvalue weighted by Crippen LogP contribution is -2.54. The van der Waals surface area contributed by atoms with Gasteiger partial charge >= 0.3 is 6.03 Å². The van der Waals surface area contributed by atoms with Gasteiger partial charge in [-0.3, -0.25) is 0 Å². The lowest BCUT2D eigenvalue weighted by Gasteiger charge is -2.38. The van der Waals surface area contributed by atoms with E-state index in [2.05, 4.69) is 28.1 Å². The summed E-state index contributed by atoms with van der Waals surface area (Å²) in [7, 11) is 1.65. The van der Waals surface area contributed by atoms with Gasteiger partial charge in [0.2, 0.25) is 0 Å². The second kappa shape index (κ2) is 5.19. The normalized spacial score (nSPS) is 18.4. The molecule has 4 heteroatoms. The smallest absolute Gasteiger partial charge is 0.315 e. The largest absolute Gasteiger partial charge is 0.341 e. The average Bonchev–Trinajstić information content (AvgIpc) is 2.40. The third-order valence-electron chi connectivity index (χ3n) is 3.36. The maximum atomic E-state index is 11.6. The summed E-state index contributed by atoms with van der Waals surface area (Å²) in [6.07, 6.45) is 1.84. The van der Waals surface area contributed by atoms with Crippen LogP contribution >= 0.6 is 0 Å². The van der Waals surface area contributed by atoms with E-state index in [0.717, 1.165) is 25.9 Å². The molecule has 92 valence electrons. The summed E-state index contributed by atoms with van der Waals surface area (Å²) >= 11 is 0. The first kappa shape index (κ1) is 11.9. The summed E-state index contributed by atoms with van der Waals surface area (Å²) in [5.41, 5.74) is 0.956. The molecule has 1 aromatic carbocycles. The molecule has 1 aromatic rings. The molecule has 1 heterocycles. The Morgan fingerprint density at radius 3 is 2.47 bits per heavy atom. The van der Waals surface area contributed by atoms with Gasteiger partial charge in [0, 0.05) is 7.05 Å². The van der Waals surface area contributed by atoms with Crippen LogP contribution in [0, 0.1) is 0 Å². The molecule has 2 amide bonds. The molecule has 0 saturated carbocycles. The Balaban J connectivity index is 2.26. The number of benzene rings is 1. The van der Waals surface area contributed by atoms with Crippen LogP contribution in [0.2, 0.25) is 0 Å². The van der Waals surface area contributed by atoms with Crippen LogP contribution in [0.4, 0.5) is 4.79 Å². The minimum Gasteiger partial charge on any atom is -0.341 e. The number of amides is 2. The van der Waals surface area contributed by atoms with Crippen molar-refractivity contribution in [2.45, 2.75) is 18.4 Å². The molecule has 1 saturated heterocycles. The molecular formula is C13H19N3O. The van der Waals surface area contributed by atoms with Crippen molar-refractivity contribution in [2.24, 2.45) is 0 Å². The predicted octanol–water partition coefficient (Wildman–Crippen LogP) is 1.19. The molecule has 17 heavy (non-hydrogen) atoms. The highest BCUT2D eigenvalue weighted by Crippen LogP contribution is 2.30. The SMILES string of the molecule is CNC(=O)NC1(c2ccccc2)CCNCC1. The molecule has 0 bridgehead atoms. The third-order valence-corrected chi connectivity index (χ3v) is 3.36. The number of nitrogens with one attached hydrogen (secondary N) is 3. The first-order valence-corrected chi connectivity index (χ1v) is 6.03. The van der Waals surface area contributed by atoms with E-state index in [0.29, 0.717) is 0 Å². The van der Waals surface area contributed by atoms with Crippen LogP contribution in [0.15, 0.2) is 30.3 Å². The van der Waals surface area contributed by atoms with E-state index < -0.39 is 0 Å². The number of hydrogen-bond acceptors (Lipinski definition) is 2. The van der Waals surface area contributed by atoms with Gasteiger partial charge in [-0.15, -0.1) is 0 Å². The first-order valence-electron chi connectivity index (χ1n) is 6.03. The number of carbonyl (C=O) groups excluding carboxylic acids is 1. The zero-order valence-electron chi connectivity index (χ0n) is 10.1. The highest BCUT2D eigenvalue weighted by Gasteiger charge is 2.34. The Morgan fingerprint density at radius 2 is 1.88 bits per heavy atom. The molecule has 4 nitrogen and oxygen atoms in total. The predicted molar refractivity (Wildman–Crippen MR) is 67.8 cm³/mol. The lowest BCUT2D eigenvalue weighted by atomic mass is 9.81. The van der Waals surface area contributed by atoms with E-state index in [4.69, 9.17) is 0 Å². The standard InChI is InChI=1S/C13H19N3O/c1-14-12(17)16-13(7-9-15-10-8-13)11-5-3-2-4-6-11/h2-6,15H,7-10H2,1H3,(H2,14,16,17). The second-order valence-corrected chi connectivity index (χ2v) is 4.40. The summed E-state index contributed by atoms with van der Waals surface area (Å²) in [5, 5.41) is 9.07. The quantitative estimate of drug-likeness (QED) is 0.719. The summed E-state index contributed by atoms with van der Waals surface area (Å²) in [6.45, 7) is 1.86. The Morgan fingerprint density at radius 1 is 1.24 bits per heavy atom. The zero-order chi connectivity index (χ0) is 12.1. The van der Waals surface area contributed by atoms with Crippen molar-refractivity contribution in [1.82, 2.24) is 16.0 Å². The van der Waals surface area contributed by atoms with E-state index in [9.17, 15) is 4.79 Å². The van der Waals surface area contributed by atoms with Crippen LogP contribution < -0.4 is 16.0 Å². The van der Waals surface area contributed by atoms with Crippen LogP contribution in [0.5, 0.6) is 0 Å². The maximum absolute atomic E-state index is 11.6. The van der Waals surface area contributed by atoms with Crippen LogP contribution in [0.3, 0.4) is 0 Å². The van der Waals surface area contributed by atoms with Gasteiger partial charge in [-0.2, -0.15) is 0 Å². The molecule has 1 aliphatic heterocycles. The van der Waals surface area contributed by atoms with Gasteiger partial charge in [0.1, 0.15) is 0 Å². The van der Waals surface area contributed by atoms with Crippen LogP contribution in [0.1, 0.15) is 18.4 Å². The van der Waals surface area contributed by atoms with Crippen molar-refractivity contribution in [3.8, 4) is 0 Å². The second-order valence-electron chi connectivity index (χ2n) is 4.40. The molecule has 0 aromatic heterocycles. The number of carbonyl (C=O) groups is 1. The molecule has 1 aliphatic rings. The molecule has 3 N–H and O–H groups in total. The van der Waals surface area contributed by atoms with Crippen molar-refractivity contribution in [2.75, 3.05) is 20.1 Å². The molecule has 0 spiro atoms. The fraction of sp³-hybridized carbons (Fsp3) is 0.462. The number of rotatable bonds is 2. The van der Waals surface area contributed by atoms with Crippen molar-refractivity contribution in [3.05, 3.63) is 35.9 Å². The van der Waals surface area contributed by atoms with Gasteiger partial charge in [-0.25, -0.2) is 4.79 Å². The van der Waals surface area contributed by atoms with Gasteiger partial charge in [0.25, 0.3) is 0 Å². The lowest BCUT2D eigenvalue weighted by molar-refractivity contribution is 0.209. The Bertz CT molecular complexity index is 372. The van der Waals surface area contributed by atoms with Gasteiger partial charge in [-0.05, 0) is 31.5 Å². The highest BCUT2D eigenvalue weighted by atomic mass is 16.2. The van der Waals surface area contributed by atoms with Crippen molar-refractivity contribution in [3.63, 3.8) is 0 Å². The topological polar surface area (TPSA) is 53.2 Å². The molecular weight excluding hydrogens is 214 g/mol. The first-order chi connectivity index (χ1) is 8.27. The van der Waals surface area contributed by atoms with Crippen LogP contribution in [-0.4, -0.2) is 26.2 Å². The van der Waals surface area contributed by atoms with E-state index >= 15 is 0 Å². The number of urea groups is 1. The van der Waals surface area contributed by atoms with Crippen LogP contribution in [0.25, 0.3) is 0 Å². The van der Waals surface area contributed by atoms with E-state index in [1.807, 2.05) is 18.2 Å². The fourth-order valence-electron chi connectivity index (χ4n) is 2.38. The Labute approximate surface area is 102 Å². The van der Waals surface area contributed by atoms with E-state index in [1.165, 1.54) is 5.56 Å². The summed E-state index contributed by atoms with van der Waals surface area (Å²) < 4.78 is 0. The maximum Gasteiger partial charge on any atom is 0.315 e. The molecule has 0 radical (unpaired) electrons. The molecule has 1 fully saturated rings.